The maximum absolute atomic E-state index is 3.88. The molecule has 88 valence electrons. The lowest BCUT2D eigenvalue weighted by atomic mass is 9.77. The molecule has 1 aliphatic carbocycles. The molecular weight excluding hydrogens is 182 g/mol. The van der Waals surface area contributed by atoms with Crippen molar-refractivity contribution in [2.45, 2.75) is 46.0 Å². The highest BCUT2D eigenvalue weighted by Crippen LogP contribution is 2.32. The Hall–Kier alpha value is -0.300. The van der Waals surface area contributed by atoms with Crippen LogP contribution in [0.1, 0.15) is 46.0 Å². The van der Waals surface area contributed by atoms with E-state index in [1.807, 2.05) is 0 Å². The molecule has 1 fully saturated rings. The SMILES string of the molecule is C=CCC1CCCCC1CNCC(C)C. The minimum Gasteiger partial charge on any atom is -0.316 e. The highest BCUT2D eigenvalue weighted by molar-refractivity contribution is 4.82. The predicted molar refractivity (Wildman–Crippen MR) is 68.0 cm³/mol. The van der Waals surface area contributed by atoms with E-state index in [4.69, 9.17) is 0 Å². The van der Waals surface area contributed by atoms with E-state index in [0.717, 1.165) is 24.3 Å². The first-order valence-electron chi connectivity index (χ1n) is 6.55. The van der Waals surface area contributed by atoms with Crippen LogP contribution in [0.15, 0.2) is 12.7 Å². The molecule has 1 aliphatic rings. The first-order valence-corrected chi connectivity index (χ1v) is 6.55. The van der Waals surface area contributed by atoms with Gasteiger partial charge in [-0.3, -0.25) is 0 Å². The Morgan fingerprint density at radius 2 is 1.93 bits per heavy atom. The lowest BCUT2D eigenvalue weighted by molar-refractivity contribution is 0.230. The molecule has 0 heterocycles. The van der Waals surface area contributed by atoms with E-state index in [1.54, 1.807) is 0 Å². The first kappa shape index (κ1) is 12.8. The molecule has 1 rings (SSSR count). The number of hydrogen-bond donors (Lipinski definition) is 1. The van der Waals surface area contributed by atoms with E-state index in [0.29, 0.717) is 0 Å². The van der Waals surface area contributed by atoms with Crippen LogP contribution in [0.3, 0.4) is 0 Å². The van der Waals surface area contributed by atoms with Crippen molar-refractivity contribution in [1.29, 1.82) is 0 Å². The van der Waals surface area contributed by atoms with Crippen LogP contribution in [-0.2, 0) is 0 Å². The molecule has 1 N–H and O–H groups in total. The molecule has 1 saturated carbocycles. The van der Waals surface area contributed by atoms with Crippen molar-refractivity contribution in [2.24, 2.45) is 17.8 Å². The standard InChI is InChI=1S/C14H27N/c1-4-7-13-8-5-6-9-14(13)11-15-10-12(2)3/h4,12-15H,1,5-11H2,2-3H3. The molecule has 0 aromatic rings. The van der Waals surface area contributed by atoms with Crippen LogP contribution in [0.4, 0.5) is 0 Å². The van der Waals surface area contributed by atoms with Crippen molar-refractivity contribution < 1.29 is 0 Å². The maximum Gasteiger partial charge on any atom is -0.00176 e. The van der Waals surface area contributed by atoms with Crippen molar-refractivity contribution >= 4 is 0 Å². The summed E-state index contributed by atoms with van der Waals surface area (Å²) >= 11 is 0. The van der Waals surface area contributed by atoms with Crippen LogP contribution in [0.5, 0.6) is 0 Å². The summed E-state index contributed by atoms with van der Waals surface area (Å²) in [7, 11) is 0. The third-order valence-electron chi connectivity index (χ3n) is 3.50. The predicted octanol–water partition coefficient (Wildman–Crippen LogP) is 3.61. The van der Waals surface area contributed by atoms with Crippen molar-refractivity contribution in [3.05, 3.63) is 12.7 Å². The van der Waals surface area contributed by atoms with Gasteiger partial charge in [-0.25, -0.2) is 0 Å². The van der Waals surface area contributed by atoms with E-state index in [2.05, 4.69) is 31.8 Å². The third kappa shape index (κ3) is 4.83. The second-order valence-electron chi connectivity index (χ2n) is 5.38. The van der Waals surface area contributed by atoms with Crippen LogP contribution in [0.2, 0.25) is 0 Å². The molecule has 2 unspecified atom stereocenters. The highest BCUT2D eigenvalue weighted by atomic mass is 14.9. The van der Waals surface area contributed by atoms with Gasteiger partial charge in [0.15, 0.2) is 0 Å². The average molecular weight is 209 g/mol. The number of allylic oxidation sites excluding steroid dienone is 1. The van der Waals surface area contributed by atoms with Gasteiger partial charge in [-0.2, -0.15) is 0 Å². The maximum atomic E-state index is 3.88. The minimum atomic E-state index is 0.770. The largest absolute Gasteiger partial charge is 0.316 e. The summed E-state index contributed by atoms with van der Waals surface area (Å²) in [6.07, 6.45) is 9.02. The third-order valence-corrected chi connectivity index (χ3v) is 3.50. The summed E-state index contributed by atoms with van der Waals surface area (Å²) in [6, 6.07) is 0. The quantitative estimate of drug-likeness (QED) is 0.659. The number of rotatable bonds is 6. The number of nitrogens with one attached hydrogen (secondary N) is 1. The van der Waals surface area contributed by atoms with Crippen molar-refractivity contribution in [3.63, 3.8) is 0 Å². The molecule has 0 aromatic carbocycles. The fourth-order valence-electron chi connectivity index (χ4n) is 2.63. The number of hydrogen-bond acceptors (Lipinski definition) is 1. The van der Waals surface area contributed by atoms with Crippen molar-refractivity contribution in [3.8, 4) is 0 Å². The van der Waals surface area contributed by atoms with Crippen LogP contribution in [0, 0.1) is 17.8 Å². The van der Waals surface area contributed by atoms with Crippen molar-refractivity contribution in [2.75, 3.05) is 13.1 Å². The minimum absolute atomic E-state index is 0.770. The summed E-state index contributed by atoms with van der Waals surface area (Å²) in [5.41, 5.74) is 0. The second kappa shape index (κ2) is 7.05. The first-order chi connectivity index (χ1) is 7.24. The summed E-state index contributed by atoms with van der Waals surface area (Å²) in [5, 5.41) is 3.61. The van der Waals surface area contributed by atoms with Gasteiger partial charge >= 0.3 is 0 Å². The Morgan fingerprint density at radius 3 is 2.53 bits per heavy atom. The van der Waals surface area contributed by atoms with Gasteiger partial charge < -0.3 is 5.32 Å². The van der Waals surface area contributed by atoms with E-state index in [1.165, 1.54) is 38.6 Å². The Bertz CT molecular complexity index is 174. The van der Waals surface area contributed by atoms with Gasteiger partial charge in [0.05, 0.1) is 0 Å². The fraction of sp³-hybridized carbons (Fsp3) is 0.857. The zero-order valence-electron chi connectivity index (χ0n) is 10.5. The van der Waals surface area contributed by atoms with Gasteiger partial charge in [0.25, 0.3) is 0 Å². The molecule has 0 aliphatic heterocycles. The molecule has 0 saturated heterocycles. The summed E-state index contributed by atoms with van der Waals surface area (Å²) in [6.45, 7) is 10.8. The average Bonchev–Trinajstić information content (AvgIpc) is 2.20. The molecule has 0 spiro atoms. The van der Waals surface area contributed by atoms with E-state index < -0.39 is 0 Å². The highest BCUT2D eigenvalue weighted by Gasteiger charge is 2.23. The van der Waals surface area contributed by atoms with Gasteiger partial charge in [-0.1, -0.05) is 32.8 Å². The van der Waals surface area contributed by atoms with Gasteiger partial charge in [-0.05, 0) is 50.1 Å². The Kier molecular flexibility index (Phi) is 6.00. The molecule has 0 aromatic heterocycles. The Morgan fingerprint density at radius 1 is 1.27 bits per heavy atom. The summed E-state index contributed by atoms with van der Waals surface area (Å²) in [4.78, 5) is 0. The smallest absolute Gasteiger partial charge is 0.00176 e. The molecule has 0 radical (unpaired) electrons. The molecule has 15 heavy (non-hydrogen) atoms. The van der Waals surface area contributed by atoms with Gasteiger partial charge in [0, 0.05) is 0 Å². The lowest BCUT2D eigenvalue weighted by Gasteiger charge is -2.31. The molecule has 2 atom stereocenters. The molecule has 1 nitrogen and oxygen atoms in total. The van der Waals surface area contributed by atoms with Crippen LogP contribution >= 0.6 is 0 Å². The molecule has 1 heteroatoms. The molecule has 0 bridgehead atoms. The normalized spacial score (nSPS) is 26.9. The van der Waals surface area contributed by atoms with Crippen LogP contribution in [-0.4, -0.2) is 13.1 Å². The van der Waals surface area contributed by atoms with Crippen LogP contribution in [0.25, 0.3) is 0 Å². The van der Waals surface area contributed by atoms with E-state index in [9.17, 15) is 0 Å². The van der Waals surface area contributed by atoms with Crippen molar-refractivity contribution in [1.82, 2.24) is 5.32 Å². The summed E-state index contributed by atoms with van der Waals surface area (Å²) < 4.78 is 0. The van der Waals surface area contributed by atoms with Gasteiger partial charge in [0.2, 0.25) is 0 Å². The van der Waals surface area contributed by atoms with Gasteiger partial charge in [0.1, 0.15) is 0 Å². The Balaban J connectivity index is 2.25. The fourth-order valence-corrected chi connectivity index (χ4v) is 2.63. The van der Waals surface area contributed by atoms with E-state index in [-0.39, 0.29) is 0 Å². The molecular formula is C14H27N. The zero-order valence-corrected chi connectivity index (χ0v) is 10.5. The van der Waals surface area contributed by atoms with Gasteiger partial charge in [-0.15, -0.1) is 6.58 Å². The van der Waals surface area contributed by atoms with E-state index >= 15 is 0 Å². The Labute approximate surface area is 95.3 Å². The monoisotopic (exact) mass is 209 g/mol. The topological polar surface area (TPSA) is 12.0 Å². The summed E-state index contributed by atoms with van der Waals surface area (Å²) in [5.74, 6) is 2.57. The second-order valence-corrected chi connectivity index (χ2v) is 5.38. The van der Waals surface area contributed by atoms with Crippen LogP contribution < -0.4 is 5.32 Å². The zero-order chi connectivity index (χ0) is 11.1. The lowest BCUT2D eigenvalue weighted by Crippen LogP contribution is -2.32. The molecule has 0 amide bonds.